The van der Waals surface area contributed by atoms with E-state index in [1.54, 1.807) is 25.6 Å². The van der Waals surface area contributed by atoms with Crippen LogP contribution in [0.1, 0.15) is 40.2 Å². The molecule has 4 aromatic rings. The molecule has 36 heavy (non-hydrogen) atoms. The highest BCUT2D eigenvalue weighted by atomic mass is 19.1. The minimum Gasteiger partial charge on any atom is -0.383 e. The molecular formula is C29H31FN4O2. The molecular weight excluding hydrogens is 455 g/mol. The maximum atomic E-state index is 14.6. The third kappa shape index (κ3) is 4.64. The monoisotopic (exact) mass is 486 g/mol. The van der Waals surface area contributed by atoms with Gasteiger partial charge >= 0.3 is 0 Å². The zero-order valence-electron chi connectivity index (χ0n) is 20.5. The number of amides is 1. The van der Waals surface area contributed by atoms with Crippen molar-refractivity contribution in [3.8, 4) is 11.1 Å². The fourth-order valence-electron chi connectivity index (χ4n) is 5.26. The van der Waals surface area contributed by atoms with Crippen molar-refractivity contribution in [2.24, 2.45) is 5.73 Å². The third-order valence-electron chi connectivity index (χ3n) is 7.18. The molecule has 7 heteroatoms. The Bertz CT molecular complexity index is 1360. The number of nitrogens with zero attached hydrogens (tertiary/aromatic N) is 3. The van der Waals surface area contributed by atoms with Gasteiger partial charge in [-0.2, -0.15) is 0 Å². The van der Waals surface area contributed by atoms with Gasteiger partial charge in [0.15, 0.2) is 0 Å². The van der Waals surface area contributed by atoms with E-state index in [1.807, 2.05) is 41.4 Å². The van der Waals surface area contributed by atoms with Crippen LogP contribution in [-0.4, -0.2) is 47.2 Å². The number of hydrogen-bond acceptors (Lipinski definition) is 4. The molecule has 2 N–H and O–H groups in total. The summed E-state index contributed by atoms with van der Waals surface area (Å²) in [6, 6.07) is 15.2. The molecule has 0 spiro atoms. The van der Waals surface area contributed by atoms with Crippen LogP contribution in [0.5, 0.6) is 0 Å². The highest BCUT2D eigenvalue weighted by Crippen LogP contribution is 2.35. The Morgan fingerprint density at radius 2 is 1.92 bits per heavy atom. The fraction of sp³-hybridized carbons (Fsp3) is 0.310. The summed E-state index contributed by atoms with van der Waals surface area (Å²) in [5, 5.41) is 0.939. The molecule has 0 atom stereocenters. The highest BCUT2D eigenvalue weighted by Gasteiger charge is 2.29. The predicted octanol–water partition coefficient (Wildman–Crippen LogP) is 4.97. The molecule has 1 saturated heterocycles. The van der Waals surface area contributed by atoms with Crippen molar-refractivity contribution in [1.82, 2.24) is 14.5 Å². The van der Waals surface area contributed by atoms with Crippen molar-refractivity contribution in [3.05, 3.63) is 89.6 Å². The Labute approximate surface area is 210 Å². The number of carbonyl (C=O) groups excluding carboxylic acids is 1. The van der Waals surface area contributed by atoms with E-state index in [1.165, 1.54) is 6.07 Å². The number of carbonyl (C=O) groups is 1. The quantitative estimate of drug-likeness (QED) is 0.400. The zero-order chi connectivity index (χ0) is 25.1. The summed E-state index contributed by atoms with van der Waals surface area (Å²) in [7, 11) is 1.68. The van der Waals surface area contributed by atoms with E-state index in [2.05, 4.69) is 15.6 Å². The van der Waals surface area contributed by atoms with Crippen LogP contribution in [-0.2, 0) is 17.8 Å². The number of fused-ring (bicyclic) bond motifs is 1. The van der Waals surface area contributed by atoms with Crippen molar-refractivity contribution in [3.63, 3.8) is 0 Å². The molecule has 1 amide bonds. The van der Waals surface area contributed by atoms with Gasteiger partial charge in [-0.3, -0.25) is 9.78 Å². The van der Waals surface area contributed by atoms with E-state index < -0.39 is 0 Å². The van der Waals surface area contributed by atoms with Gasteiger partial charge in [0.05, 0.1) is 12.2 Å². The molecule has 0 saturated carbocycles. The van der Waals surface area contributed by atoms with Gasteiger partial charge in [-0.15, -0.1) is 0 Å². The number of aromatic nitrogens is 2. The Hall–Kier alpha value is -3.55. The summed E-state index contributed by atoms with van der Waals surface area (Å²) < 4.78 is 22.0. The lowest BCUT2D eigenvalue weighted by Crippen LogP contribution is -2.38. The van der Waals surface area contributed by atoms with Gasteiger partial charge in [0.2, 0.25) is 0 Å². The Morgan fingerprint density at radius 1 is 1.14 bits per heavy atom. The van der Waals surface area contributed by atoms with Crippen LogP contribution in [0.2, 0.25) is 0 Å². The normalized spacial score (nSPS) is 14.5. The van der Waals surface area contributed by atoms with Crippen molar-refractivity contribution in [2.75, 3.05) is 26.8 Å². The van der Waals surface area contributed by atoms with Gasteiger partial charge in [0.1, 0.15) is 5.82 Å². The lowest BCUT2D eigenvalue weighted by atomic mass is 9.88. The minimum atomic E-state index is -0.194. The minimum absolute atomic E-state index is 0.00676. The molecule has 6 nitrogen and oxygen atoms in total. The molecule has 2 aromatic carbocycles. The number of nitrogens with two attached hydrogens (primary N) is 1. The summed E-state index contributed by atoms with van der Waals surface area (Å²) in [4.78, 5) is 19.9. The molecule has 1 aliphatic rings. The number of ether oxygens (including phenoxy) is 1. The maximum Gasteiger partial charge on any atom is 0.256 e. The molecule has 2 aromatic heterocycles. The average Bonchev–Trinajstić information content (AvgIpc) is 3.31. The van der Waals surface area contributed by atoms with E-state index in [0.717, 1.165) is 40.4 Å². The first-order valence-electron chi connectivity index (χ1n) is 12.4. The van der Waals surface area contributed by atoms with Crippen LogP contribution in [0.15, 0.2) is 67.1 Å². The van der Waals surface area contributed by atoms with E-state index in [4.69, 9.17) is 10.5 Å². The van der Waals surface area contributed by atoms with Gasteiger partial charge < -0.3 is 19.9 Å². The largest absolute Gasteiger partial charge is 0.383 e. The molecule has 0 bridgehead atoms. The number of halogens is 1. The van der Waals surface area contributed by atoms with Crippen LogP contribution < -0.4 is 5.73 Å². The molecule has 0 aliphatic carbocycles. The molecule has 5 rings (SSSR count). The van der Waals surface area contributed by atoms with Crippen molar-refractivity contribution >= 4 is 16.8 Å². The number of rotatable bonds is 7. The van der Waals surface area contributed by atoms with E-state index in [9.17, 15) is 9.18 Å². The first kappa shape index (κ1) is 24.2. The first-order chi connectivity index (χ1) is 17.6. The Balaban J connectivity index is 1.46. The SMILES string of the molecule is COCCn1cc(C(=O)N2CCC(c3cc(CN)ccc3F)CC2)c2c(-c3ccncc3)cccc21. The van der Waals surface area contributed by atoms with Crippen LogP contribution in [0.4, 0.5) is 4.39 Å². The van der Waals surface area contributed by atoms with Crippen LogP contribution in [0, 0.1) is 5.82 Å². The van der Waals surface area contributed by atoms with Gasteiger partial charge in [0.25, 0.3) is 5.91 Å². The van der Waals surface area contributed by atoms with Gasteiger partial charge in [0, 0.05) is 62.8 Å². The second-order valence-corrected chi connectivity index (χ2v) is 9.29. The maximum absolute atomic E-state index is 14.6. The average molecular weight is 487 g/mol. The topological polar surface area (TPSA) is 73.4 Å². The summed E-state index contributed by atoms with van der Waals surface area (Å²) in [6.45, 7) is 2.75. The molecule has 1 aliphatic heterocycles. The van der Waals surface area contributed by atoms with Gasteiger partial charge in [-0.05, 0) is 65.3 Å². The first-order valence-corrected chi connectivity index (χ1v) is 12.4. The second-order valence-electron chi connectivity index (χ2n) is 9.29. The van der Waals surface area contributed by atoms with E-state index >= 15 is 0 Å². The summed E-state index contributed by atoms with van der Waals surface area (Å²) in [5.74, 6) is -0.108. The van der Waals surface area contributed by atoms with E-state index in [-0.39, 0.29) is 17.6 Å². The lowest BCUT2D eigenvalue weighted by molar-refractivity contribution is 0.0714. The van der Waals surface area contributed by atoms with Gasteiger partial charge in [-0.1, -0.05) is 24.3 Å². The second kappa shape index (κ2) is 10.6. The van der Waals surface area contributed by atoms with E-state index in [0.29, 0.717) is 43.9 Å². The van der Waals surface area contributed by atoms with Crippen molar-refractivity contribution < 1.29 is 13.9 Å². The molecule has 186 valence electrons. The summed E-state index contributed by atoms with van der Waals surface area (Å²) >= 11 is 0. The third-order valence-corrected chi connectivity index (χ3v) is 7.18. The number of pyridine rings is 1. The smallest absolute Gasteiger partial charge is 0.256 e. The number of benzene rings is 2. The molecule has 3 heterocycles. The van der Waals surface area contributed by atoms with Crippen LogP contribution in [0.3, 0.4) is 0 Å². The number of methoxy groups -OCH3 is 1. The predicted molar refractivity (Wildman–Crippen MR) is 139 cm³/mol. The fourth-order valence-corrected chi connectivity index (χ4v) is 5.26. The van der Waals surface area contributed by atoms with Gasteiger partial charge in [-0.25, -0.2) is 4.39 Å². The highest BCUT2D eigenvalue weighted by molar-refractivity contribution is 6.12. The Morgan fingerprint density at radius 3 is 2.64 bits per heavy atom. The van der Waals surface area contributed by atoms with Crippen LogP contribution >= 0.6 is 0 Å². The Kier molecular flexibility index (Phi) is 7.11. The zero-order valence-corrected chi connectivity index (χ0v) is 20.5. The number of likely N-dealkylation sites (tertiary alicyclic amines) is 1. The molecule has 0 unspecified atom stereocenters. The van der Waals surface area contributed by atoms with Crippen LogP contribution in [0.25, 0.3) is 22.0 Å². The summed E-state index contributed by atoms with van der Waals surface area (Å²) in [5.41, 5.74) is 11.1. The standard InChI is InChI=1S/C29H31FN4O2/c1-36-16-15-34-19-25(28-23(3-2-4-27(28)34)21-7-11-32-12-8-21)29(35)33-13-9-22(10-14-33)24-17-20(18-31)5-6-26(24)30/h2-8,11-12,17,19,22H,9-10,13-16,18,31H2,1H3. The molecule has 1 fully saturated rings. The van der Waals surface area contributed by atoms with Crippen molar-refractivity contribution in [1.29, 1.82) is 0 Å². The number of piperidine rings is 1. The molecule has 0 radical (unpaired) electrons. The summed E-state index contributed by atoms with van der Waals surface area (Å²) in [6.07, 6.45) is 6.92. The van der Waals surface area contributed by atoms with Crippen molar-refractivity contribution in [2.45, 2.75) is 31.8 Å². The lowest BCUT2D eigenvalue weighted by Gasteiger charge is -2.32. The number of hydrogen-bond donors (Lipinski definition) is 1.